The summed E-state index contributed by atoms with van der Waals surface area (Å²) in [5.41, 5.74) is -1.74. The Morgan fingerprint density at radius 1 is 1.33 bits per heavy atom. The number of hydrogen-bond acceptors (Lipinski definition) is 3. The molecule has 0 radical (unpaired) electrons. The van der Waals surface area contributed by atoms with Crippen LogP contribution in [0.1, 0.15) is 17.8 Å². The minimum atomic E-state index is -4.77. The zero-order valence-electron chi connectivity index (χ0n) is 12.3. The van der Waals surface area contributed by atoms with Crippen LogP contribution in [0, 0.1) is 5.82 Å². The number of rotatable bonds is 2. The summed E-state index contributed by atoms with van der Waals surface area (Å²) < 4.78 is 53.4. The topological polar surface area (TPSA) is 71.8 Å². The molecule has 1 aliphatic rings. The summed E-state index contributed by atoms with van der Waals surface area (Å²) in [6.45, 7) is 0.387. The maximum absolute atomic E-state index is 13.1. The molecule has 2 aromatic rings. The van der Waals surface area contributed by atoms with Crippen LogP contribution in [0.5, 0.6) is 0 Å². The quantitative estimate of drug-likeness (QED) is 0.824. The number of hydrogen-bond donors (Lipinski definition) is 2. The first-order valence-corrected chi connectivity index (χ1v) is 7.14. The number of urea groups is 1. The first kappa shape index (κ1) is 16.2. The minimum absolute atomic E-state index is 0.283. The van der Waals surface area contributed by atoms with Gasteiger partial charge in [0.2, 0.25) is 0 Å². The fraction of sp³-hybridized carbons (Fsp3) is 0.357. The van der Waals surface area contributed by atoms with E-state index < -0.39 is 29.3 Å². The zero-order chi connectivity index (χ0) is 17.3. The Morgan fingerprint density at radius 3 is 2.88 bits per heavy atom. The molecule has 2 heterocycles. The van der Waals surface area contributed by atoms with Crippen LogP contribution in [0.2, 0.25) is 0 Å². The highest BCUT2D eigenvalue weighted by molar-refractivity contribution is 5.90. The van der Waals surface area contributed by atoms with Crippen LogP contribution in [-0.4, -0.2) is 26.8 Å². The summed E-state index contributed by atoms with van der Waals surface area (Å²) in [5.74, 6) is -0.231. The minimum Gasteiger partial charge on any atom is -0.333 e. The van der Waals surface area contributed by atoms with Gasteiger partial charge in [0.1, 0.15) is 18.0 Å². The van der Waals surface area contributed by atoms with E-state index >= 15 is 0 Å². The van der Waals surface area contributed by atoms with Crippen molar-refractivity contribution in [1.29, 1.82) is 0 Å². The SMILES string of the molecule is O=C(Nc1ccc(F)cc1C(F)(F)F)NC1CCc2ncnn2C1. The van der Waals surface area contributed by atoms with Gasteiger partial charge in [-0.25, -0.2) is 18.9 Å². The third-order valence-electron chi connectivity index (χ3n) is 3.68. The second-order valence-electron chi connectivity index (χ2n) is 5.38. The maximum Gasteiger partial charge on any atom is 0.418 e. The highest BCUT2D eigenvalue weighted by Gasteiger charge is 2.34. The number of carbonyl (C=O) groups excluding carboxylic acids is 1. The molecule has 2 amide bonds. The van der Waals surface area contributed by atoms with Crippen molar-refractivity contribution in [3.8, 4) is 0 Å². The first-order valence-electron chi connectivity index (χ1n) is 7.14. The highest BCUT2D eigenvalue weighted by Crippen LogP contribution is 2.35. The molecule has 0 spiro atoms. The Labute approximate surface area is 133 Å². The number of carbonyl (C=O) groups is 1. The summed E-state index contributed by atoms with van der Waals surface area (Å²) in [4.78, 5) is 16.0. The lowest BCUT2D eigenvalue weighted by Gasteiger charge is -2.24. The molecule has 2 N–H and O–H groups in total. The second-order valence-corrected chi connectivity index (χ2v) is 5.38. The van der Waals surface area contributed by atoms with Crippen molar-refractivity contribution in [3.05, 3.63) is 41.7 Å². The summed E-state index contributed by atoms with van der Waals surface area (Å²) in [5, 5.41) is 8.72. The molecular weight excluding hydrogens is 330 g/mol. The standard InChI is InChI=1S/C14H13F4N5O/c15-8-1-3-11(10(5-8)14(16,17)18)22-13(24)21-9-2-4-12-19-7-20-23(12)6-9/h1,3,5,7,9H,2,4,6H2,(H2,21,22,24). The maximum atomic E-state index is 13.1. The Morgan fingerprint density at radius 2 is 2.12 bits per heavy atom. The van der Waals surface area contributed by atoms with Crippen molar-refractivity contribution in [3.63, 3.8) is 0 Å². The number of nitrogens with zero attached hydrogens (tertiary/aromatic N) is 3. The molecule has 1 aliphatic heterocycles. The van der Waals surface area contributed by atoms with E-state index in [1.807, 2.05) is 0 Å². The molecule has 6 nitrogen and oxygen atoms in total. The molecule has 0 fully saturated rings. The second kappa shape index (κ2) is 6.10. The Hall–Kier alpha value is -2.65. The molecule has 0 saturated heterocycles. The lowest BCUT2D eigenvalue weighted by atomic mass is 10.1. The number of amides is 2. The predicted octanol–water partition coefficient (Wildman–Crippen LogP) is 2.57. The summed E-state index contributed by atoms with van der Waals surface area (Å²) >= 11 is 0. The van der Waals surface area contributed by atoms with Gasteiger partial charge < -0.3 is 10.6 Å². The van der Waals surface area contributed by atoms with Gasteiger partial charge in [0.15, 0.2) is 0 Å². The summed E-state index contributed by atoms with van der Waals surface area (Å²) in [6.07, 6.45) is -2.16. The molecule has 1 atom stereocenters. The number of fused-ring (bicyclic) bond motifs is 1. The molecule has 0 saturated carbocycles. The molecule has 24 heavy (non-hydrogen) atoms. The number of nitrogens with one attached hydrogen (secondary N) is 2. The van der Waals surface area contributed by atoms with Gasteiger partial charge >= 0.3 is 12.2 Å². The highest BCUT2D eigenvalue weighted by atomic mass is 19.4. The van der Waals surface area contributed by atoms with Crippen molar-refractivity contribution in [1.82, 2.24) is 20.1 Å². The zero-order valence-corrected chi connectivity index (χ0v) is 12.3. The van der Waals surface area contributed by atoms with Gasteiger partial charge in [-0.3, -0.25) is 0 Å². The normalized spacial score (nSPS) is 17.2. The summed E-state index contributed by atoms with van der Waals surface area (Å²) in [7, 11) is 0. The predicted molar refractivity (Wildman–Crippen MR) is 75.7 cm³/mol. The van der Waals surface area contributed by atoms with Gasteiger partial charge in [-0.2, -0.15) is 18.3 Å². The van der Waals surface area contributed by atoms with Crippen molar-refractivity contribution in [2.75, 3.05) is 5.32 Å². The van der Waals surface area contributed by atoms with Gasteiger partial charge in [-0.1, -0.05) is 0 Å². The number of halogens is 4. The van der Waals surface area contributed by atoms with Crippen LogP contribution < -0.4 is 10.6 Å². The van der Waals surface area contributed by atoms with E-state index in [4.69, 9.17) is 0 Å². The molecule has 1 aromatic carbocycles. The van der Waals surface area contributed by atoms with E-state index in [9.17, 15) is 22.4 Å². The van der Waals surface area contributed by atoms with E-state index in [0.29, 0.717) is 25.5 Å². The average Bonchev–Trinajstić information content (AvgIpc) is 2.95. The van der Waals surface area contributed by atoms with Crippen LogP contribution in [0.25, 0.3) is 0 Å². The number of anilines is 1. The fourth-order valence-corrected chi connectivity index (χ4v) is 2.56. The molecular formula is C14H13F4N5O. The molecule has 0 bridgehead atoms. The van der Waals surface area contributed by atoms with E-state index in [1.54, 1.807) is 4.68 Å². The Balaban J connectivity index is 1.68. The van der Waals surface area contributed by atoms with Crippen molar-refractivity contribution < 1.29 is 22.4 Å². The molecule has 1 aromatic heterocycles. The largest absolute Gasteiger partial charge is 0.418 e. The van der Waals surface area contributed by atoms with Crippen molar-refractivity contribution >= 4 is 11.7 Å². The lowest BCUT2D eigenvalue weighted by Crippen LogP contribution is -2.43. The van der Waals surface area contributed by atoms with E-state index in [0.717, 1.165) is 18.0 Å². The fourth-order valence-electron chi connectivity index (χ4n) is 2.56. The lowest BCUT2D eigenvalue weighted by molar-refractivity contribution is -0.137. The molecule has 3 rings (SSSR count). The number of benzene rings is 1. The van der Waals surface area contributed by atoms with Gasteiger partial charge in [0.25, 0.3) is 0 Å². The Bertz CT molecular complexity index is 758. The molecule has 1 unspecified atom stereocenters. The average molecular weight is 343 g/mol. The van der Waals surface area contributed by atoms with Gasteiger partial charge in [-0.15, -0.1) is 0 Å². The van der Waals surface area contributed by atoms with Gasteiger partial charge in [-0.05, 0) is 24.6 Å². The smallest absolute Gasteiger partial charge is 0.333 e. The summed E-state index contributed by atoms with van der Waals surface area (Å²) in [6, 6.07) is 1.01. The van der Waals surface area contributed by atoms with Crippen LogP contribution >= 0.6 is 0 Å². The monoisotopic (exact) mass is 343 g/mol. The van der Waals surface area contributed by atoms with Crippen LogP contribution in [0.4, 0.5) is 28.0 Å². The van der Waals surface area contributed by atoms with Gasteiger partial charge in [0, 0.05) is 6.42 Å². The first-order chi connectivity index (χ1) is 11.3. The van der Waals surface area contributed by atoms with Crippen LogP contribution in [0.15, 0.2) is 24.5 Å². The van der Waals surface area contributed by atoms with Crippen LogP contribution in [0.3, 0.4) is 0 Å². The van der Waals surface area contributed by atoms with Crippen molar-refractivity contribution in [2.45, 2.75) is 31.6 Å². The van der Waals surface area contributed by atoms with Gasteiger partial charge in [0.05, 0.1) is 23.8 Å². The van der Waals surface area contributed by atoms with E-state index in [2.05, 4.69) is 20.7 Å². The Kier molecular flexibility index (Phi) is 4.12. The number of alkyl halides is 3. The van der Waals surface area contributed by atoms with E-state index in [1.165, 1.54) is 6.33 Å². The third-order valence-corrected chi connectivity index (χ3v) is 3.68. The number of aryl methyl sites for hydroxylation is 1. The van der Waals surface area contributed by atoms with Crippen molar-refractivity contribution in [2.24, 2.45) is 0 Å². The number of aromatic nitrogens is 3. The molecule has 10 heteroatoms. The van der Waals surface area contributed by atoms with Crippen LogP contribution in [-0.2, 0) is 19.1 Å². The third kappa shape index (κ3) is 3.47. The molecule has 128 valence electrons. The van der Waals surface area contributed by atoms with E-state index in [-0.39, 0.29) is 6.04 Å². The molecule has 0 aliphatic carbocycles.